The second kappa shape index (κ2) is 41.2. The Labute approximate surface area is 792 Å². The van der Waals surface area contributed by atoms with Gasteiger partial charge in [0.2, 0.25) is 0 Å². The molecule has 134 heavy (non-hydrogen) atoms. The number of Topliss-reactive ketones (excluding diaryl/α,β-unsaturated/α-hetero) is 1. The Morgan fingerprint density at radius 3 is 1.14 bits per heavy atom. The van der Waals surface area contributed by atoms with Crippen molar-refractivity contribution in [1.29, 1.82) is 0 Å². The lowest BCUT2D eigenvalue weighted by atomic mass is 10.1. The van der Waals surface area contributed by atoms with Crippen LogP contribution in [0.1, 0.15) is 216 Å². The number of carbonyl (C=O) groups is 3. The second-order valence-electron chi connectivity index (χ2n) is 33.5. The van der Waals surface area contributed by atoms with Crippen LogP contribution in [0.15, 0.2) is 208 Å². The molecule has 0 radical (unpaired) electrons. The third kappa shape index (κ3) is 23.2. The Morgan fingerprint density at radius 2 is 0.791 bits per heavy atom. The standard InChI is InChI=1S/C24H22ClN7O.C16H17N5O2.C14H14N8.C14H16N6.C14H15N5O.C9H7ClN2O2.CH4.HI/c25-18-7-8-30-15-26-22(23(30)9-18)10-21(33)5-4-19-13-32(29-28-19)14-20-12-31-11-17(16-1-2-16)3-6-24(31)27-20;1-2-23-16(22)14-10-21(19-18-14)9-13-8-20-7-12(11-3-4-11)5-6-15(20)17-13;15-19-16-5-12-8-22(20-18-12)9-13-7-21-6-11(10-1-2-10)3-4-14(21)17-13;15-5-12-8-20(18-17-12)9-13-7-19-6-11(10-1-2-10)3-4-14(19)16-13;20-9-13-8-19(17-16-13)7-12-6-18-5-11(10-1-2-10)3-4-14(18)15-12;10-6-1-2-12-5-11-7(4-9(13)14)8(12)3-6;;/h3,6-9,11-13,15-16H,1-2,4-5,10,14H2;5-8,10-11H,2-4,9H2,1H3;3-4,6-8,10H,1-2,5,9H2;3-4,6-8,10H,1-2,5,9,15H2;3-6,8,10,20H,1-2,7,9H2;1-3,5H,4H2,(H,13,14);1H4;1H/p-1. The molecule has 0 amide bonds. The number of aliphatic hydroxyl groups is 1. The van der Waals surface area contributed by atoms with Gasteiger partial charge in [0.05, 0.1) is 165 Å². The van der Waals surface area contributed by atoms with E-state index in [0.717, 1.165) is 103 Å². The molecule has 19 aromatic heterocycles. The van der Waals surface area contributed by atoms with E-state index in [1.807, 2.05) is 64.3 Å². The van der Waals surface area contributed by atoms with Gasteiger partial charge in [0.1, 0.15) is 39.7 Å². The molecule has 0 saturated heterocycles. The zero-order valence-electron chi connectivity index (χ0n) is 72.3. The van der Waals surface area contributed by atoms with Gasteiger partial charge in [-0.1, -0.05) is 92.1 Å². The number of hydrogen-bond donors (Lipinski definition) is 3. The van der Waals surface area contributed by atoms with Crippen molar-refractivity contribution in [3.8, 4) is 0 Å². The highest BCUT2D eigenvalue weighted by molar-refractivity contribution is 6.31. The number of carboxylic acids is 1. The quantitative estimate of drug-likeness (QED) is 0.0135. The number of nitrogens with two attached hydrogens (primary N) is 1. The van der Waals surface area contributed by atoms with E-state index < -0.39 is 11.9 Å². The van der Waals surface area contributed by atoms with Crippen LogP contribution in [-0.4, -0.2) is 175 Å². The molecule has 5 saturated carbocycles. The van der Waals surface area contributed by atoms with Crippen molar-refractivity contribution in [2.24, 2.45) is 10.8 Å². The number of hydrogen-bond acceptors (Lipinski definition) is 24. The average molecular weight is 1960 g/mol. The van der Waals surface area contributed by atoms with Crippen LogP contribution in [0.25, 0.3) is 49.7 Å². The van der Waals surface area contributed by atoms with E-state index in [9.17, 15) is 14.4 Å². The summed E-state index contributed by atoms with van der Waals surface area (Å²) in [5.41, 5.74) is 36.0. The van der Waals surface area contributed by atoms with Crippen molar-refractivity contribution >= 4 is 80.2 Å². The van der Waals surface area contributed by atoms with Crippen molar-refractivity contribution in [2.75, 3.05) is 6.61 Å². The van der Waals surface area contributed by atoms with E-state index in [1.54, 1.807) is 90.4 Å². The lowest BCUT2D eigenvalue weighted by molar-refractivity contribution is -0.136. The van der Waals surface area contributed by atoms with E-state index in [0.29, 0.717) is 97.7 Å². The van der Waals surface area contributed by atoms with Gasteiger partial charge in [-0.3, -0.25) is 9.59 Å². The molecule has 24 rings (SSSR count). The zero-order chi connectivity index (χ0) is 90.3. The van der Waals surface area contributed by atoms with E-state index in [1.165, 1.54) is 92.0 Å². The number of azide groups is 1. The predicted octanol–water partition coefficient (Wildman–Crippen LogP) is 10.5. The molecule has 42 heteroatoms. The number of rotatable bonds is 28. The molecule has 0 aromatic carbocycles. The molecule has 19 heterocycles. The van der Waals surface area contributed by atoms with Gasteiger partial charge in [-0.05, 0) is 189 Å². The third-order valence-electron chi connectivity index (χ3n) is 23.0. The van der Waals surface area contributed by atoms with Crippen molar-refractivity contribution in [1.82, 2.24) is 141 Å². The fraction of sp³-hybridized carbons (Fsp3) is 0.326. The van der Waals surface area contributed by atoms with Gasteiger partial charge in [0.15, 0.2) is 5.69 Å². The molecule has 5 aliphatic carbocycles. The molecule has 686 valence electrons. The number of aromatic nitrogens is 29. The van der Waals surface area contributed by atoms with Crippen LogP contribution in [0.4, 0.5) is 0 Å². The number of aliphatic carboxylic acids is 1. The molecule has 0 bridgehead atoms. The maximum absolute atomic E-state index is 12.5. The van der Waals surface area contributed by atoms with Gasteiger partial charge < -0.3 is 75.5 Å². The van der Waals surface area contributed by atoms with Crippen LogP contribution in [0.5, 0.6) is 0 Å². The number of pyridine rings is 7. The monoisotopic (exact) mass is 1950 g/mol. The fourth-order valence-electron chi connectivity index (χ4n) is 15.6. The number of esters is 1. The number of aliphatic hydroxyl groups excluding tert-OH is 1. The fourth-order valence-corrected chi connectivity index (χ4v) is 15.9. The molecule has 4 N–H and O–H groups in total. The number of ketones is 1. The van der Waals surface area contributed by atoms with E-state index in [4.69, 9.17) is 49.4 Å². The molecular weight excluding hydrogens is 1860 g/mol. The minimum Gasteiger partial charge on any atom is -1.00 e. The number of carbonyl (C=O) groups excluding carboxylic acids is 2. The number of nitrogens with zero attached hydrogens (tertiary/aromatic N) is 32. The van der Waals surface area contributed by atoms with Crippen LogP contribution in [-0.2, 0) is 86.0 Å². The summed E-state index contributed by atoms with van der Waals surface area (Å²) in [6.45, 7) is 5.36. The summed E-state index contributed by atoms with van der Waals surface area (Å²) in [5, 5.41) is 62.4. The smallest absolute Gasteiger partial charge is 0.360 e. The van der Waals surface area contributed by atoms with Crippen molar-refractivity contribution < 1.29 is 53.3 Å². The van der Waals surface area contributed by atoms with Crippen LogP contribution in [0.3, 0.4) is 0 Å². The van der Waals surface area contributed by atoms with Gasteiger partial charge in [0, 0.05) is 121 Å². The predicted molar refractivity (Wildman–Crippen MR) is 490 cm³/mol. The van der Waals surface area contributed by atoms with E-state index in [2.05, 4.69) is 206 Å². The van der Waals surface area contributed by atoms with E-state index >= 15 is 0 Å². The Bertz CT molecular complexity index is 7290. The average Bonchev–Trinajstić information content (AvgIpc) is 1.67. The van der Waals surface area contributed by atoms with Gasteiger partial charge in [-0.2, -0.15) is 0 Å². The summed E-state index contributed by atoms with van der Waals surface area (Å²) in [7, 11) is 0. The third-order valence-corrected chi connectivity index (χ3v) is 23.5. The Morgan fingerprint density at radius 1 is 0.448 bits per heavy atom. The lowest BCUT2D eigenvalue weighted by Crippen LogP contribution is -3.00. The molecule has 5 aliphatic rings. The first-order chi connectivity index (χ1) is 64.4. The number of carboxylic acid groups (broad SMARTS) is 1. The van der Waals surface area contributed by atoms with Crippen LogP contribution in [0.2, 0.25) is 10.0 Å². The topological polar surface area (TPSA) is 450 Å². The molecule has 19 aromatic rings. The summed E-state index contributed by atoms with van der Waals surface area (Å²) < 4.78 is 27.4. The van der Waals surface area contributed by atoms with Gasteiger partial charge in [-0.15, -0.1) is 25.5 Å². The van der Waals surface area contributed by atoms with Gasteiger partial charge in [0.25, 0.3) is 0 Å². The first-order valence-corrected chi connectivity index (χ1v) is 44.5. The summed E-state index contributed by atoms with van der Waals surface area (Å²) in [4.78, 5) is 68.8. The molecule has 0 aliphatic heterocycles. The molecule has 5 fully saturated rings. The Balaban J connectivity index is 0.000000114. The van der Waals surface area contributed by atoms with Crippen LogP contribution < -0.4 is 29.7 Å². The Hall–Kier alpha value is -14.3. The summed E-state index contributed by atoms with van der Waals surface area (Å²) >= 11 is 11.9. The van der Waals surface area contributed by atoms with Crippen molar-refractivity contribution in [3.05, 3.63) is 320 Å². The Kier molecular flexibility index (Phi) is 28.2. The SMILES string of the molecule is C.CCOC(=O)c1cn(Cc2cn3cc(C4CC4)ccc3n2)nn1.NCc1cn(Cc2cn3cc(C4CC4)ccc3n2)nn1.O=C(CCc1cn(Cc2cn3cc(C4CC4)ccc3n2)nn1)Cc1ncn2ccc(Cl)cc12.O=C(O)Cc1ncn2ccc(Cl)cc12.OCc1cn(Cc2cn3cc(C4CC4)ccc3n2)nn1.[I-].[N-]=[N+]=NCc1cn(Cc2cn3cc(C4CC4)ccc3n2)nn1. The highest BCUT2D eigenvalue weighted by atomic mass is 127. The minimum atomic E-state index is -0.898. The lowest BCUT2D eigenvalue weighted by Gasteiger charge is -2.00. The molecule has 0 spiro atoms. The van der Waals surface area contributed by atoms with Crippen molar-refractivity contribution in [2.45, 2.75) is 186 Å². The van der Waals surface area contributed by atoms with Gasteiger partial charge >= 0.3 is 11.9 Å². The minimum absolute atomic E-state index is 0. The first-order valence-electron chi connectivity index (χ1n) is 43.7. The molecule has 39 nitrogen and oxygen atoms in total. The zero-order valence-corrected chi connectivity index (χ0v) is 75.9. The highest BCUT2D eigenvalue weighted by Gasteiger charge is 2.29. The van der Waals surface area contributed by atoms with Crippen LogP contribution in [0, 0.1) is 0 Å². The number of imidazole rings is 7. The maximum Gasteiger partial charge on any atom is 0.360 e. The maximum atomic E-state index is 12.5. The number of ether oxygens (including phenoxy) is 1. The van der Waals surface area contributed by atoms with Crippen molar-refractivity contribution in [3.63, 3.8) is 0 Å². The summed E-state index contributed by atoms with van der Waals surface area (Å²) in [6, 6.07) is 28.2. The van der Waals surface area contributed by atoms with Gasteiger partial charge in [-0.25, -0.2) is 63.1 Å². The molecular formula is C92H95Cl2IN33O6-. The first kappa shape index (κ1) is 91.6. The number of fused-ring (bicyclic) bond motifs is 7. The number of aryl methyl sites for hydroxylation is 1. The summed E-state index contributed by atoms with van der Waals surface area (Å²) in [6.07, 6.45) is 50.8. The second-order valence-corrected chi connectivity index (χ2v) is 34.4. The van der Waals surface area contributed by atoms with E-state index in [-0.39, 0.29) is 68.9 Å². The van der Waals surface area contributed by atoms with Crippen LogP contribution >= 0.6 is 23.2 Å². The molecule has 0 atom stereocenters. The number of halogens is 3. The normalized spacial score (nSPS) is 13.8. The summed E-state index contributed by atoms with van der Waals surface area (Å²) in [5.74, 6) is 2.42. The largest absolute Gasteiger partial charge is 1.00 e. The molecule has 0 unspecified atom stereocenters. The highest BCUT2D eigenvalue weighted by Crippen LogP contribution is 2.43.